The average Bonchev–Trinajstić information content (AvgIpc) is 3.45. The number of alkyl halides is 6. The van der Waals surface area contributed by atoms with E-state index in [9.17, 15) is 39.6 Å². The Bertz CT molecular complexity index is 1410. The van der Waals surface area contributed by atoms with Gasteiger partial charge < -0.3 is 4.90 Å². The molecule has 0 saturated heterocycles. The SMILES string of the molecule is CCS(=O)(=O)c1cc(-n2ccc(C(F)(F)F)n2)cnc1C(=O)N1CCc2cc(C(F)(F)F)ccc21. The molecule has 4 rings (SSSR count). The molecular formula is C21H16F6N4O3S. The quantitative estimate of drug-likeness (QED) is 0.481. The van der Waals surface area contributed by atoms with E-state index in [4.69, 9.17) is 0 Å². The maximum Gasteiger partial charge on any atom is 0.435 e. The highest BCUT2D eigenvalue weighted by atomic mass is 32.2. The van der Waals surface area contributed by atoms with Crippen LogP contribution in [-0.4, -0.2) is 41.4 Å². The standard InChI is InChI=1S/C21H16F6N4O3S/c1-2-35(33,34)16-10-14(31-8-6-17(29-31)21(25,26)27)11-28-18(16)19(32)30-7-5-12-9-13(20(22,23)24)3-4-15(12)30/h3-4,6,8-11H,2,5,7H2,1H3. The van der Waals surface area contributed by atoms with E-state index in [1.807, 2.05) is 0 Å². The van der Waals surface area contributed by atoms with Crippen LogP contribution in [0.1, 0.15) is 34.2 Å². The van der Waals surface area contributed by atoms with Crippen molar-refractivity contribution in [3.8, 4) is 5.69 Å². The van der Waals surface area contributed by atoms with Gasteiger partial charge in [0.05, 0.1) is 23.2 Å². The van der Waals surface area contributed by atoms with Gasteiger partial charge in [0.1, 0.15) is 10.6 Å². The molecule has 1 aliphatic heterocycles. The minimum absolute atomic E-state index is 0.00137. The molecular weight excluding hydrogens is 502 g/mol. The van der Waals surface area contributed by atoms with Gasteiger partial charge in [-0.15, -0.1) is 0 Å². The van der Waals surface area contributed by atoms with Gasteiger partial charge in [0.2, 0.25) is 0 Å². The molecule has 0 atom stereocenters. The molecule has 0 bridgehead atoms. The van der Waals surface area contributed by atoms with Gasteiger partial charge >= 0.3 is 12.4 Å². The van der Waals surface area contributed by atoms with Crippen LogP contribution in [0.3, 0.4) is 0 Å². The van der Waals surface area contributed by atoms with E-state index >= 15 is 0 Å². The van der Waals surface area contributed by atoms with Crippen LogP contribution in [0.15, 0.2) is 47.6 Å². The fourth-order valence-electron chi connectivity index (χ4n) is 3.65. The monoisotopic (exact) mass is 518 g/mol. The van der Waals surface area contributed by atoms with Crippen molar-refractivity contribution in [1.82, 2.24) is 14.8 Å². The van der Waals surface area contributed by atoms with Crippen molar-refractivity contribution >= 4 is 21.4 Å². The molecule has 1 amide bonds. The first-order valence-corrected chi connectivity index (χ1v) is 11.8. The maximum absolute atomic E-state index is 13.3. The first-order valence-electron chi connectivity index (χ1n) is 10.1. The fourth-order valence-corrected chi connectivity index (χ4v) is 4.69. The molecule has 0 saturated carbocycles. The summed E-state index contributed by atoms with van der Waals surface area (Å²) in [5, 5.41) is 3.38. The smallest absolute Gasteiger partial charge is 0.306 e. The zero-order valence-corrected chi connectivity index (χ0v) is 18.7. The lowest BCUT2D eigenvalue weighted by Crippen LogP contribution is -2.31. The van der Waals surface area contributed by atoms with Gasteiger partial charge in [-0.3, -0.25) is 4.79 Å². The first-order chi connectivity index (χ1) is 16.2. The van der Waals surface area contributed by atoms with Crippen LogP contribution < -0.4 is 4.90 Å². The van der Waals surface area contributed by atoms with E-state index in [2.05, 4.69) is 10.1 Å². The van der Waals surface area contributed by atoms with Crippen molar-refractivity contribution in [2.75, 3.05) is 17.2 Å². The molecule has 0 radical (unpaired) electrons. The molecule has 0 spiro atoms. The highest BCUT2D eigenvalue weighted by Crippen LogP contribution is 2.36. The molecule has 3 aromatic rings. The predicted molar refractivity (Wildman–Crippen MR) is 111 cm³/mol. The Hall–Kier alpha value is -3.42. The molecule has 1 aliphatic rings. The number of nitrogens with zero attached hydrogens (tertiary/aromatic N) is 4. The van der Waals surface area contributed by atoms with Crippen molar-refractivity contribution < 1.29 is 39.6 Å². The van der Waals surface area contributed by atoms with Crippen LogP contribution in [0.25, 0.3) is 5.69 Å². The Morgan fingerprint density at radius 2 is 1.77 bits per heavy atom. The molecule has 0 fully saturated rings. The van der Waals surface area contributed by atoms with Gasteiger partial charge in [0.15, 0.2) is 15.5 Å². The van der Waals surface area contributed by atoms with Crippen LogP contribution in [0.4, 0.5) is 32.0 Å². The molecule has 186 valence electrons. The fraction of sp³-hybridized carbons (Fsp3) is 0.286. The van der Waals surface area contributed by atoms with Crippen LogP contribution in [-0.2, 0) is 28.6 Å². The molecule has 3 heterocycles. The lowest BCUT2D eigenvalue weighted by Gasteiger charge is -2.19. The van der Waals surface area contributed by atoms with Crippen molar-refractivity contribution in [3.05, 3.63) is 65.2 Å². The highest BCUT2D eigenvalue weighted by molar-refractivity contribution is 7.91. The Kier molecular flexibility index (Phi) is 5.90. The van der Waals surface area contributed by atoms with Gasteiger partial charge in [0, 0.05) is 18.4 Å². The number of aromatic nitrogens is 3. The van der Waals surface area contributed by atoms with Crippen molar-refractivity contribution in [3.63, 3.8) is 0 Å². The second-order valence-corrected chi connectivity index (χ2v) is 9.88. The van der Waals surface area contributed by atoms with Gasteiger partial charge in [0.25, 0.3) is 5.91 Å². The lowest BCUT2D eigenvalue weighted by molar-refractivity contribution is -0.141. The summed E-state index contributed by atoms with van der Waals surface area (Å²) in [5.74, 6) is -1.30. The minimum Gasteiger partial charge on any atom is -0.306 e. The molecule has 0 N–H and O–H groups in total. The molecule has 1 aromatic carbocycles. The molecule has 7 nitrogen and oxygen atoms in total. The second kappa shape index (κ2) is 8.36. The van der Waals surface area contributed by atoms with Gasteiger partial charge in [-0.2, -0.15) is 31.4 Å². The largest absolute Gasteiger partial charge is 0.435 e. The van der Waals surface area contributed by atoms with E-state index in [1.54, 1.807) is 0 Å². The summed E-state index contributed by atoms with van der Waals surface area (Å²) in [6.45, 7) is 1.31. The topological polar surface area (TPSA) is 85.2 Å². The normalized spacial score (nSPS) is 14.3. The van der Waals surface area contributed by atoms with Crippen LogP contribution in [0.2, 0.25) is 0 Å². The Morgan fingerprint density at radius 1 is 1.06 bits per heavy atom. The van der Waals surface area contributed by atoms with Gasteiger partial charge in [-0.05, 0) is 42.3 Å². The molecule has 35 heavy (non-hydrogen) atoms. The lowest BCUT2D eigenvalue weighted by atomic mass is 10.1. The summed E-state index contributed by atoms with van der Waals surface area (Å²) in [4.78, 5) is 17.8. The summed E-state index contributed by atoms with van der Waals surface area (Å²) in [6, 6.07) is 4.58. The number of amides is 1. The average molecular weight is 518 g/mol. The molecule has 14 heteroatoms. The number of hydrogen-bond donors (Lipinski definition) is 0. The summed E-state index contributed by atoms with van der Waals surface area (Å²) in [5.41, 5.74) is -2.24. The number of sulfone groups is 1. The third-order valence-electron chi connectivity index (χ3n) is 5.45. The number of anilines is 1. The van der Waals surface area contributed by atoms with Crippen LogP contribution in [0.5, 0.6) is 0 Å². The molecule has 2 aromatic heterocycles. The number of benzene rings is 1. The molecule has 0 aliphatic carbocycles. The molecule has 0 unspecified atom stereocenters. The van der Waals surface area contributed by atoms with E-state index in [-0.39, 0.29) is 29.9 Å². The van der Waals surface area contributed by atoms with E-state index in [1.165, 1.54) is 6.92 Å². The third kappa shape index (κ3) is 4.61. The summed E-state index contributed by atoms with van der Waals surface area (Å²) in [7, 11) is -4.08. The minimum atomic E-state index is -4.72. The number of carbonyl (C=O) groups is 1. The van der Waals surface area contributed by atoms with Crippen molar-refractivity contribution in [2.45, 2.75) is 30.6 Å². The van der Waals surface area contributed by atoms with Crippen molar-refractivity contribution in [1.29, 1.82) is 0 Å². The summed E-state index contributed by atoms with van der Waals surface area (Å²) < 4.78 is 104. The highest BCUT2D eigenvalue weighted by Gasteiger charge is 2.36. The van der Waals surface area contributed by atoms with Crippen LogP contribution >= 0.6 is 0 Å². The predicted octanol–water partition coefficient (Wildman–Crippen LogP) is 4.30. The Balaban J connectivity index is 1.75. The summed E-state index contributed by atoms with van der Waals surface area (Å²) >= 11 is 0. The van der Waals surface area contributed by atoms with Gasteiger partial charge in [-0.25, -0.2) is 18.1 Å². The first kappa shape index (κ1) is 24.7. The number of hydrogen-bond acceptors (Lipinski definition) is 5. The van der Waals surface area contributed by atoms with E-state index in [0.717, 1.165) is 46.2 Å². The zero-order valence-electron chi connectivity index (χ0n) is 17.9. The third-order valence-corrected chi connectivity index (χ3v) is 7.19. The van der Waals surface area contributed by atoms with E-state index < -0.39 is 55.7 Å². The number of fused-ring (bicyclic) bond motifs is 1. The number of pyridine rings is 1. The number of carbonyl (C=O) groups excluding carboxylic acids is 1. The Morgan fingerprint density at radius 3 is 2.37 bits per heavy atom. The van der Waals surface area contributed by atoms with Crippen LogP contribution in [0, 0.1) is 0 Å². The Labute approximate surface area is 194 Å². The maximum atomic E-state index is 13.3. The zero-order chi connectivity index (χ0) is 25.8. The van der Waals surface area contributed by atoms with E-state index in [0.29, 0.717) is 6.07 Å². The summed E-state index contributed by atoms with van der Waals surface area (Å²) in [6.07, 6.45) is -7.20. The number of rotatable bonds is 4. The second-order valence-electron chi connectivity index (χ2n) is 7.64. The number of halogens is 6. The van der Waals surface area contributed by atoms with Crippen molar-refractivity contribution in [2.24, 2.45) is 0 Å². The van der Waals surface area contributed by atoms with Gasteiger partial charge in [-0.1, -0.05) is 6.92 Å².